The number of nitrogens with zero attached hydrogens (tertiary/aromatic N) is 1. The molecule has 0 amide bonds. The average Bonchev–Trinajstić information content (AvgIpc) is 3.03. The molecule has 1 aromatic heterocycles. The van der Waals surface area contributed by atoms with Crippen molar-refractivity contribution in [2.75, 3.05) is 26.1 Å². The van der Waals surface area contributed by atoms with Gasteiger partial charge >= 0.3 is 0 Å². The monoisotopic (exact) mass is 352 g/mol. The maximum absolute atomic E-state index is 6.00. The van der Waals surface area contributed by atoms with Crippen LogP contribution in [0.1, 0.15) is 11.1 Å². The van der Waals surface area contributed by atoms with Crippen LogP contribution in [0.25, 0.3) is 10.9 Å². The molecule has 0 saturated heterocycles. The molecule has 3 rings (SSSR count). The van der Waals surface area contributed by atoms with Crippen LogP contribution in [0.4, 0.5) is 5.69 Å². The van der Waals surface area contributed by atoms with Crippen molar-refractivity contribution in [2.24, 2.45) is 10.7 Å². The first-order chi connectivity index (χ1) is 12.6. The summed E-state index contributed by atoms with van der Waals surface area (Å²) >= 11 is 0. The molecule has 4 N–H and O–H groups in total. The number of anilines is 1. The number of aromatic nitrogens is 1. The molecule has 0 aliphatic heterocycles. The third-order valence-electron chi connectivity index (χ3n) is 4.24. The van der Waals surface area contributed by atoms with Gasteiger partial charge in [-0.05, 0) is 42.7 Å². The number of methoxy groups -OCH3 is 2. The van der Waals surface area contributed by atoms with E-state index in [0.29, 0.717) is 24.0 Å². The normalized spacial score (nSPS) is 11.6. The fourth-order valence-electron chi connectivity index (χ4n) is 2.91. The number of fused-ring (bicyclic) bond motifs is 1. The Balaban J connectivity index is 1.63. The quantitative estimate of drug-likeness (QED) is 0.468. The highest BCUT2D eigenvalue weighted by Gasteiger charge is 2.06. The highest BCUT2D eigenvalue weighted by atomic mass is 16.5. The van der Waals surface area contributed by atoms with E-state index in [9.17, 15) is 0 Å². The van der Waals surface area contributed by atoms with Crippen molar-refractivity contribution in [3.05, 3.63) is 53.7 Å². The van der Waals surface area contributed by atoms with Crippen LogP contribution in [0.15, 0.2) is 47.6 Å². The zero-order valence-electron chi connectivity index (χ0n) is 15.3. The van der Waals surface area contributed by atoms with Gasteiger partial charge in [0.15, 0.2) is 17.5 Å². The SMILES string of the molecule is COc1ccc(NC(N)=NCCc2c[nH]c3cc(C)ccc23)cc1OC. The Morgan fingerprint density at radius 1 is 1.12 bits per heavy atom. The zero-order chi connectivity index (χ0) is 18.5. The lowest BCUT2D eigenvalue weighted by Gasteiger charge is -2.10. The number of nitrogens with two attached hydrogens (primary N) is 1. The first-order valence-electron chi connectivity index (χ1n) is 8.46. The van der Waals surface area contributed by atoms with Crippen molar-refractivity contribution in [1.29, 1.82) is 0 Å². The third kappa shape index (κ3) is 3.91. The predicted octanol–water partition coefficient (Wildman–Crippen LogP) is 3.46. The van der Waals surface area contributed by atoms with E-state index in [1.165, 1.54) is 16.5 Å². The summed E-state index contributed by atoms with van der Waals surface area (Å²) in [7, 11) is 3.20. The van der Waals surface area contributed by atoms with Gasteiger partial charge in [0.2, 0.25) is 0 Å². The molecule has 2 aromatic carbocycles. The van der Waals surface area contributed by atoms with Gasteiger partial charge in [0.25, 0.3) is 0 Å². The van der Waals surface area contributed by atoms with Crippen LogP contribution in [0, 0.1) is 6.92 Å². The van der Waals surface area contributed by atoms with Crippen molar-refractivity contribution < 1.29 is 9.47 Å². The number of aliphatic imine (C=N–C) groups is 1. The molecule has 0 aliphatic rings. The second-order valence-corrected chi connectivity index (χ2v) is 6.07. The molecular formula is C20H24N4O2. The maximum Gasteiger partial charge on any atom is 0.193 e. The van der Waals surface area contributed by atoms with E-state index in [-0.39, 0.29) is 0 Å². The molecule has 0 bridgehead atoms. The first-order valence-corrected chi connectivity index (χ1v) is 8.46. The van der Waals surface area contributed by atoms with Crippen LogP contribution in [-0.4, -0.2) is 31.7 Å². The molecule has 6 heteroatoms. The summed E-state index contributed by atoms with van der Waals surface area (Å²) in [5, 5.41) is 4.31. The summed E-state index contributed by atoms with van der Waals surface area (Å²) in [6.07, 6.45) is 2.86. The number of benzene rings is 2. The third-order valence-corrected chi connectivity index (χ3v) is 4.24. The summed E-state index contributed by atoms with van der Waals surface area (Å²) in [6.45, 7) is 2.69. The molecule has 26 heavy (non-hydrogen) atoms. The number of ether oxygens (including phenoxy) is 2. The van der Waals surface area contributed by atoms with Gasteiger partial charge in [0.05, 0.1) is 14.2 Å². The Labute approximate surface area is 153 Å². The topological polar surface area (TPSA) is 84.7 Å². The standard InChI is InChI=1S/C20H24N4O2/c1-13-4-6-16-14(12-23-17(16)10-13)8-9-22-20(21)24-15-5-7-18(25-2)19(11-15)26-3/h4-7,10-12,23H,8-9H2,1-3H3,(H3,21,22,24). The highest BCUT2D eigenvalue weighted by molar-refractivity contribution is 5.92. The van der Waals surface area contributed by atoms with Crippen LogP contribution < -0.4 is 20.5 Å². The first kappa shape index (κ1) is 17.7. The van der Waals surface area contributed by atoms with E-state index in [1.807, 2.05) is 24.4 Å². The summed E-state index contributed by atoms with van der Waals surface area (Å²) in [4.78, 5) is 7.72. The molecule has 0 atom stereocenters. The molecule has 136 valence electrons. The van der Waals surface area contributed by atoms with Crippen molar-refractivity contribution in [3.8, 4) is 11.5 Å². The Kier molecular flexibility index (Phi) is 5.31. The molecule has 0 fully saturated rings. The molecule has 6 nitrogen and oxygen atoms in total. The lowest BCUT2D eigenvalue weighted by molar-refractivity contribution is 0.355. The Morgan fingerprint density at radius 2 is 1.92 bits per heavy atom. The van der Waals surface area contributed by atoms with Crippen LogP contribution in [0.3, 0.4) is 0 Å². The number of H-pyrrole nitrogens is 1. The zero-order valence-corrected chi connectivity index (χ0v) is 15.3. The largest absolute Gasteiger partial charge is 0.493 e. The van der Waals surface area contributed by atoms with E-state index in [2.05, 4.69) is 40.4 Å². The van der Waals surface area contributed by atoms with Gasteiger partial charge in [-0.15, -0.1) is 0 Å². The molecule has 0 spiro atoms. The van der Waals surface area contributed by atoms with Gasteiger partial charge in [-0.25, -0.2) is 0 Å². The molecule has 1 heterocycles. The van der Waals surface area contributed by atoms with E-state index in [1.54, 1.807) is 14.2 Å². The summed E-state index contributed by atoms with van der Waals surface area (Å²) in [6, 6.07) is 11.9. The van der Waals surface area contributed by atoms with Crippen LogP contribution in [0.2, 0.25) is 0 Å². The van der Waals surface area contributed by atoms with E-state index < -0.39 is 0 Å². The number of aryl methyl sites for hydroxylation is 1. The van der Waals surface area contributed by atoms with E-state index in [4.69, 9.17) is 15.2 Å². The van der Waals surface area contributed by atoms with Gasteiger partial charge in [-0.2, -0.15) is 0 Å². The van der Waals surface area contributed by atoms with Gasteiger partial charge in [-0.3, -0.25) is 4.99 Å². The fourth-order valence-corrected chi connectivity index (χ4v) is 2.91. The van der Waals surface area contributed by atoms with Crippen LogP contribution in [0.5, 0.6) is 11.5 Å². The smallest absolute Gasteiger partial charge is 0.193 e. The second-order valence-electron chi connectivity index (χ2n) is 6.07. The van der Waals surface area contributed by atoms with Crippen LogP contribution in [-0.2, 0) is 6.42 Å². The molecule has 0 unspecified atom stereocenters. The van der Waals surface area contributed by atoms with Gasteiger partial charge < -0.3 is 25.5 Å². The van der Waals surface area contributed by atoms with Crippen molar-refractivity contribution in [1.82, 2.24) is 4.98 Å². The minimum Gasteiger partial charge on any atom is -0.493 e. The summed E-state index contributed by atoms with van der Waals surface area (Å²) < 4.78 is 10.5. The molecule has 3 aromatic rings. The summed E-state index contributed by atoms with van der Waals surface area (Å²) in [5.41, 5.74) is 10.4. The molecule has 0 aliphatic carbocycles. The number of nitrogens with one attached hydrogen (secondary N) is 2. The number of hydrogen-bond donors (Lipinski definition) is 3. The molecular weight excluding hydrogens is 328 g/mol. The van der Waals surface area contributed by atoms with Gasteiger partial charge in [0.1, 0.15) is 0 Å². The summed E-state index contributed by atoms with van der Waals surface area (Å²) in [5.74, 6) is 1.68. The maximum atomic E-state index is 6.00. The minimum absolute atomic E-state index is 0.368. The Bertz CT molecular complexity index is 931. The number of guanidine groups is 1. The lowest BCUT2D eigenvalue weighted by atomic mass is 10.1. The molecule has 0 radical (unpaired) electrons. The average molecular weight is 352 g/mol. The van der Waals surface area contributed by atoms with Crippen LogP contribution >= 0.6 is 0 Å². The van der Waals surface area contributed by atoms with Gasteiger partial charge in [0, 0.05) is 35.4 Å². The Hall–Kier alpha value is -3.15. The highest BCUT2D eigenvalue weighted by Crippen LogP contribution is 2.29. The second kappa shape index (κ2) is 7.82. The molecule has 0 saturated carbocycles. The Morgan fingerprint density at radius 3 is 2.69 bits per heavy atom. The van der Waals surface area contributed by atoms with E-state index >= 15 is 0 Å². The predicted molar refractivity (Wildman–Crippen MR) is 106 cm³/mol. The number of aromatic amines is 1. The minimum atomic E-state index is 0.368. The van der Waals surface area contributed by atoms with Crippen molar-refractivity contribution >= 4 is 22.5 Å². The number of hydrogen-bond acceptors (Lipinski definition) is 3. The fraction of sp³-hybridized carbons (Fsp3) is 0.250. The van der Waals surface area contributed by atoms with Crippen molar-refractivity contribution in [2.45, 2.75) is 13.3 Å². The lowest BCUT2D eigenvalue weighted by Crippen LogP contribution is -2.23. The number of rotatable bonds is 6. The van der Waals surface area contributed by atoms with E-state index in [0.717, 1.165) is 17.6 Å². The van der Waals surface area contributed by atoms with Crippen molar-refractivity contribution in [3.63, 3.8) is 0 Å². The van der Waals surface area contributed by atoms with Gasteiger partial charge in [-0.1, -0.05) is 12.1 Å².